The van der Waals surface area contributed by atoms with E-state index in [1.54, 1.807) is 0 Å². The maximum Gasteiger partial charge on any atom is 0.183 e. The van der Waals surface area contributed by atoms with Crippen LogP contribution in [0.1, 0.15) is 13.3 Å². The van der Waals surface area contributed by atoms with Crippen LogP contribution in [0.4, 0.5) is 5.13 Å². The van der Waals surface area contributed by atoms with Gasteiger partial charge < -0.3 is 10.4 Å². The summed E-state index contributed by atoms with van der Waals surface area (Å²) in [4.78, 5) is 4.49. The fraction of sp³-hybridized carbons (Fsp3) is 0.308. The average molecular weight is 283 g/mol. The van der Waals surface area contributed by atoms with Gasteiger partial charge in [-0.1, -0.05) is 36.7 Å². The van der Waals surface area contributed by atoms with Crippen LogP contribution < -0.4 is 5.32 Å². The molecule has 1 aromatic carbocycles. The Morgan fingerprint density at radius 3 is 2.89 bits per heavy atom. The van der Waals surface area contributed by atoms with Gasteiger partial charge in [0.2, 0.25) is 0 Å². The van der Waals surface area contributed by atoms with Crippen molar-refractivity contribution in [2.24, 2.45) is 0 Å². The summed E-state index contributed by atoms with van der Waals surface area (Å²) in [7, 11) is 0. The van der Waals surface area contributed by atoms with Crippen molar-refractivity contribution >= 4 is 28.1 Å². The monoisotopic (exact) mass is 282 g/mol. The number of anilines is 1. The first-order chi connectivity index (χ1) is 8.74. The van der Waals surface area contributed by atoms with Gasteiger partial charge in [-0.15, -0.1) is 11.3 Å². The summed E-state index contributed by atoms with van der Waals surface area (Å²) in [5.74, 6) is 0. The molecule has 1 aromatic heterocycles. The highest BCUT2D eigenvalue weighted by atomic mass is 35.5. The summed E-state index contributed by atoms with van der Waals surface area (Å²) in [6.45, 7) is 2.13. The van der Waals surface area contributed by atoms with Gasteiger partial charge in [-0.05, 0) is 12.5 Å². The Kier molecular flexibility index (Phi) is 4.58. The quantitative estimate of drug-likeness (QED) is 0.880. The Balaban J connectivity index is 2.18. The predicted octanol–water partition coefficient (Wildman–Crippen LogP) is 3.65. The highest BCUT2D eigenvalue weighted by Gasteiger charge is 2.10. The number of thiazole rings is 1. The number of aliphatic hydroxyl groups is 1. The van der Waals surface area contributed by atoms with Crippen LogP contribution in [-0.4, -0.2) is 22.7 Å². The summed E-state index contributed by atoms with van der Waals surface area (Å²) in [6, 6.07) is 7.69. The van der Waals surface area contributed by atoms with Crippen LogP contribution in [0.2, 0.25) is 5.02 Å². The second-order valence-corrected chi connectivity index (χ2v) is 5.22. The number of halogens is 1. The van der Waals surface area contributed by atoms with Crippen molar-refractivity contribution in [3.05, 3.63) is 34.7 Å². The number of rotatable bonds is 5. The van der Waals surface area contributed by atoms with Crippen molar-refractivity contribution in [2.75, 3.05) is 11.9 Å². The molecule has 3 nitrogen and oxygen atoms in total. The average Bonchev–Trinajstić information content (AvgIpc) is 2.85. The molecule has 2 rings (SSSR count). The van der Waals surface area contributed by atoms with Crippen LogP contribution >= 0.6 is 22.9 Å². The number of hydrogen-bond donors (Lipinski definition) is 2. The van der Waals surface area contributed by atoms with E-state index >= 15 is 0 Å². The van der Waals surface area contributed by atoms with E-state index in [1.807, 2.05) is 36.6 Å². The highest BCUT2D eigenvalue weighted by molar-refractivity contribution is 7.14. The summed E-state index contributed by atoms with van der Waals surface area (Å²) in [5, 5.41) is 15.8. The third kappa shape index (κ3) is 3.02. The van der Waals surface area contributed by atoms with Crippen molar-refractivity contribution in [2.45, 2.75) is 19.4 Å². The lowest BCUT2D eigenvalue weighted by atomic mass is 10.2. The maximum absolute atomic E-state index is 9.15. The molecule has 5 heteroatoms. The molecule has 0 aliphatic rings. The lowest BCUT2D eigenvalue weighted by Crippen LogP contribution is -2.22. The zero-order valence-corrected chi connectivity index (χ0v) is 11.6. The highest BCUT2D eigenvalue weighted by Crippen LogP contribution is 2.30. The van der Waals surface area contributed by atoms with Crippen molar-refractivity contribution in [3.63, 3.8) is 0 Å². The van der Waals surface area contributed by atoms with E-state index in [2.05, 4.69) is 10.3 Å². The third-order valence-electron chi connectivity index (χ3n) is 2.69. The fourth-order valence-electron chi connectivity index (χ4n) is 1.58. The third-order valence-corrected chi connectivity index (χ3v) is 3.80. The summed E-state index contributed by atoms with van der Waals surface area (Å²) in [5.41, 5.74) is 1.79. The van der Waals surface area contributed by atoms with Crippen LogP contribution in [0.15, 0.2) is 29.6 Å². The molecular formula is C13H15ClN2OS. The molecule has 0 aliphatic heterocycles. The first-order valence-corrected chi connectivity index (χ1v) is 7.08. The van der Waals surface area contributed by atoms with Gasteiger partial charge in [-0.25, -0.2) is 4.98 Å². The van der Waals surface area contributed by atoms with E-state index in [1.165, 1.54) is 11.3 Å². The van der Waals surface area contributed by atoms with E-state index in [9.17, 15) is 0 Å². The summed E-state index contributed by atoms with van der Waals surface area (Å²) < 4.78 is 0. The number of hydrogen-bond acceptors (Lipinski definition) is 4. The Morgan fingerprint density at radius 2 is 2.22 bits per heavy atom. The smallest absolute Gasteiger partial charge is 0.183 e. The largest absolute Gasteiger partial charge is 0.394 e. The SMILES string of the molecule is CC[C@@H](CO)Nc1nc(-c2ccccc2Cl)cs1. The van der Waals surface area contributed by atoms with Crippen molar-refractivity contribution in [1.82, 2.24) is 4.98 Å². The molecule has 2 aromatic rings. The molecule has 0 saturated carbocycles. The van der Waals surface area contributed by atoms with Gasteiger partial charge in [0.05, 0.1) is 18.3 Å². The molecule has 2 N–H and O–H groups in total. The molecule has 0 fully saturated rings. The Morgan fingerprint density at radius 1 is 1.44 bits per heavy atom. The molecule has 0 bridgehead atoms. The van der Waals surface area contributed by atoms with Crippen molar-refractivity contribution in [3.8, 4) is 11.3 Å². The van der Waals surface area contributed by atoms with Gasteiger partial charge in [0.1, 0.15) is 0 Å². The molecular weight excluding hydrogens is 268 g/mol. The Hall–Kier alpha value is -1.10. The minimum atomic E-state index is 0.0512. The van der Waals surface area contributed by atoms with Gasteiger partial charge in [0.25, 0.3) is 0 Å². The number of aromatic nitrogens is 1. The molecule has 0 aliphatic carbocycles. The van der Waals surface area contributed by atoms with Gasteiger partial charge in [-0.3, -0.25) is 0 Å². The molecule has 0 unspecified atom stereocenters. The molecule has 0 amide bonds. The minimum absolute atomic E-state index is 0.0512. The number of nitrogens with zero attached hydrogens (tertiary/aromatic N) is 1. The first kappa shape index (κ1) is 13.3. The predicted molar refractivity (Wildman–Crippen MR) is 77.3 cm³/mol. The van der Waals surface area contributed by atoms with E-state index in [0.29, 0.717) is 5.02 Å². The molecule has 18 heavy (non-hydrogen) atoms. The van der Waals surface area contributed by atoms with Crippen molar-refractivity contribution in [1.29, 1.82) is 0 Å². The molecule has 1 atom stereocenters. The second-order valence-electron chi connectivity index (χ2n) is 3.95. The van der Waals surface area contributed by atoms with E-state index < -0.39 is 0 Å². The van der Waals surface area contributed by atoms with Gasteiger partial charge in [0.15, 0.2) is 5.13 Å². The topological polar surface area (TPSA) is 45.1 Å². The Labute approximate surface area is 115 Å². The van der Waals surface area contributed by atoms with Gasteiger partial charge in [0, 0.05) is 16.0 Å². The first-order valence-electron chi connectivity index (χ1n) is 5.82. The normalized spacial score (nSPS) is 12.4. The number of aliphatic hydroxyl groups excluding tert-OH is 1. The van der Waals surface area contributed by atoms with E-state index in [0.717, 1.165) is 22.8 Å². The number of benzene rings is 1. The molecule has 1 heterocycles. The molecule has 0 saturated heterocycles. The van der Waals surface area contributed by atoms with E-state index in [4.69, 9.17) is 16.7 Å². The lowest BCUT2D eigenvalue weighted by molar-refractivity contribution is 0.272. The molecule has 96 valence electrons. The maximum atomic E-state index is 9.15. The van der Waals surface area contributed by atoms with Crippen molar-refractivity contribution < 1.29 is 5.11 Å². The summed E-state index contributed by atoms with van der Waals surface area (Å²) in [6.07, 6.45) is 0.859. The van der Waals surface area contributed by atoms with Crippen LogP contribution in [0.3, 0.4) is 0 Å². The van der Waals surface area contributed by atoms with Crippen LogP contribution in [0.5, 0.6) is 0 Å². The van der Waals surface area contributed by atoms with Crippen LogP contribution in [0, 0.1) is 0 Å². The zero-order chi connectivity index (χ0) is 13.0. The standard InChI is InChI=1S/C13H15ClN2OS/c1-2-9(7-17)15-13-16-12(8-18-13)10-5-3-4-6-11(10)14/h3-6,8-9,17H,2,7H2,1H3,(H,15,16)/t9-/m0/s1. The zero-order valence-electron chi connectivity index (χ0n) is 10.1. The number of nitrogens with one attached hydrogen (secondary N) is 1. The fourth-order valence-corrected chi connectivity index (χ4v) is 2.61. The second kappa shape index (κ2) is 6.18. The lowest BCUT2D eigenvalue weighted by Gasteiger charge is -2.12. The molecule has 0 radical (unpaired) electrons. The van der Waals surface area contributed by atoms with Gasteiger partial charge >= 0.3 is 0 Å². The Bertz CT molecular complexity index is 511. The van der Waals surface area contributed by atoms with Crippen LogP contribution in [-0.2, 0) is 0 Å². The minimum Gasteiger partial charge on any atom is -0.394 e. The van der Waals surface area contributed by atoms with Gasteiger partial charge in [-0.2, -0.15) is 0 Å². The molecule has 0 spiro atoms. The van der Waals surface area contributed by atoms with E-state index in [-0.39, 0.29) is 12.6 Å². The summed E-state index contributed by atoms with van der Waals surface area (Å²) >= 11 is 7.65. The van der Waals surface area contributed by atoms with Crippen LogP contribution in [0.25, 0.3) is 11.3 Å².